The van der Waals surface area contributed by atoms with E-state index in [1.165, 1.54) is 12.2 Å². The fraction of sp³-hybridized carbons (Fsp3) is 0.0909. The van der Waals surface area contributed by atoms with Gasteiger partial charge in [0.05, 0.1) is 6.61 Å². The van der Waals surface area contributed by atoms with E-state index in [1.54, 1.807) is 49.4 Å². The average Bonchev–Trinajstić information content (AvgIpc) is 2.72. The third-order valence-corrected chi connectivity index (χ3v) is 3.57. The molecule has 0 radical (unpaired) electrons. The Kier molecular flexibility index (Phi) is 7.27. The van der Waals surface area contributed by atoms with Crippen LogP contribution >= 0.6 is 0 Å². The second-order valence-corrected chi connectivity index (χ2v) is 5.55. The molecule has 0 spiro atoms. The van der Waals surface area contributed by atoms with Crippen LogP contribution in [0.3, 0.4) is 0 Å². The van der Waals surface area contributed by atoms with Gasteiger partial charge in [-0.05, 0) is 42.3 Å². The summed E-state index contributed by atoms with van der Waals surface area (Å²) in [4.78, 5) is 23.9. The van der Waals surface area contributed by atoms with Crippen molar-refractivity contribution in [3.63, 3.8) is 0 Å². The van der Waals surface area contributed by atoms with E-state index in [2.05, 4.69) is 5.32 Å². The molecule has 0 fully saturated rings. The number of nitriles is 2. The lowest BCUT2D eigenvalue weighted by molar-refractivity contribution is -0.137. The molecule has 28 heavy (non-hydrogen) atoms. The summed E-state index contributed by atoms with van der Waals surface area (Å²) in [6.07, 6.45) is 2.91. The van der Waals surface area contributed by atoms with Gasteiger partial charge in [-0.3, -0.25) is 4.79 Å². The maximum absolute atomic E-state index is 12.3. The van der Waals surface area contributed by atoms with Crippen molar-refractivity contribution < 1.29 is 14.3 Å². The molecule has 6 nitrogen and oxygen atoms in total. The van der Waals surface area contributed by atoms with Gasteiger partial charge in [-0.2, -0.15) is 10.5 Å². The number of benzene rings is 2. The van der Waals surface area contributed by atoms with E-state index in [0.29, 0.717) is 11.3 Å². The van der Waals surface area contributed by atoms with Gasteiger partial charge in [0.15, 0.2) is 0 Å². The Labute approximate surface area is 163 Å². The average molecular weight is 371 g/mol. The Morgan fingerprint density at radius 3 is 2.07 bits per heavy atom. The second kappa shape index (κ2) is 10.1. The normalized spacial score (nSPS) is 11.1. The summed E-state index contributed by atoms with van der Waals surface area (Å²) in [5.41, 5.74) is 1.69. The van der Waals surface area contributed by atoms with Crippen LogP contribution in [0.25, 0.3) is 12.2 Å². The highest BCUT2D eigenvalue weighted by atomic mass is 16.5. The van der Waals surface area contributed by atoms with Crippen molar-refractivity contribution in [2.45, 2.75) is 6.92 Å². The highest BCUT2D eigenvalue weighted by Crippen LogP contribution is 2.15. The van der Waals surface area contributed by atoms with Crippen LogP contribution in [0.5, 0.6) is 0 Å². The molecule has 1 N–H and O–H groups in total. The van der Waals surface area contributed by atoms with Gasteiger partial charge in [0, 0.05) is 5.69 Å². The van der Waals surface area contributed by atoms with Crippen LogP contribution in [-0.2, 0) is 14.3 Å². The fourth-order valence-electron chi connectivity index (χ4n) is 2.24. The highest BCUT2D eigenvalue weighted by molar-refractivity contribution is 6.09. The monoisotopic (exact) mass is 371 g/mol. The summed E-state index contributed by atoms with van der Waals surface area (Å²) in [7, 11) is 0. The van der Waals surface area contributed by atoms with Gasteiger partial charge in [-0.15, -0.1) is 0 Å². The van der Waals surface area contributed by atoms with Crippen LogP contribution in [0.2, 0.25) is 0 Å². The van der Waals surface area contributed by atoms with Gasteiger partial charge in [-0.1, -0.05) is 42.5 Å². The number of carbonyl (C=O) groups is 2. The first kappa shape index (κ1) is 20.2. The SMILES string of the molecule is CCOC(=O)/C(C#N)=C\c1ccc(NC(=O)/C(C#N)=C\c2ccccc2)cc1. The number of hydrogen-bond acceptors (Lipinski definition) is 5. The van der Waals surface area contributed by atoms with E-state index >= 15 is 0 Å². The van der Waals surface area contributed by atoms with E-state index in [1.807, 2.05) is 24.3 Å². The molecule has 138 valence electrons. The van der Waals surface area contributed by atoms with Crippen molar-refractivity contribution >= 4 is 29.7 Å². The first-order chi connectivity index (χ1) is 13.6. The molecule has 0 aliphatic rings. The smallest absolute Gasteiger partial charge is 0.348 e. The maximum atomic E-state index is 12.3. The number of carbonyl (C=O) groups excluding carboxylic acids is 2. The maximum Gasteiger partial charge on any atom is 0.348 e. The minimum absolute atomic E-state index is 0.0238. The van der Waals surface area contributed by atoms with Crippen LogP contribution in [0.1, 0.15) is 18.1 Å². The van der Waals surface area contributed by atoms with Crippen LogP contribution in [0.4, 0.5) is 5.69 Å². The van der Waals surface area contributed by atoms with Gasteiger partial charge < -0.3 is 10.1 Å². The molecule has 0 unspecified atom stereocenters. The van der Waals surface area contributed by atoms with E-state index in [-0.39, 0.29) is 17.8 Å². The first-order valence-electron chi connectivity index (χ1n) is 8.44. The Hall–Kier alpha value is -4.16. The molecular weight excluding hydrogens is 354 g/mol. The zero-order valence-corrected chi connectivity index (χ0v) is 15.2. The third kappa shape index (κ3) is 5.69. The highest BCUT2D eigenvalue weighted by Gasteiger charge is 2.11. The van der Waals surface area contributed by atoms with Crippen LogP contribution in [0, 0.1) is 22.7 Å². The minimum Gasteiger partial charge on any atom is -0.462 e. The number of nitrogens with zero attached hydrogens (tertiary/aromatic N) is 2. The van der Waals surface area contributed by atoms with E-state index < -0.39 is 11.9 Å². The number of hydrogen-bond donors (Lipinski definition) is 1. The number of amides is 1. The van der Waals surface area contributed by atoms with Gasteiger partial charge in [-0.25, -0.2) is 4.79 Å². The molecular formula is C22H17N3O3. The molecule has 0 saturated carbocycles. The van der Waals surface area contributed by atoms with Crippen LogP contribution in [-0.4, -0.2) is 18.5 Å². The minimum atomic E-state index is -0.688. The first-order valence-corrected chi connectivity index (χ1v) is 8.44. The third-order valence-electron chi connectivity index (χ3n) is 3.57. The molecule has 1 amide bonds. The van der Waals surface area contributed by atoms with Crippen molar-refractivity contribution in [1.29, 1.82) is 10.5 Å². The molecule has 2 aromatic rings. The predicted molar refractivity (Wildman–Crippen MR) is 105 cm³/mol. The van der Waals surface area contributed by atoms with Gasteiger partial charge >= 0.3 is 5.97 Å². The van der Waals surface area contributed by atoms with Gasteiger partial charge in [0.2, 0.25) is 0 Å². The van der Waals surface area contributed by atoms with Crippen molar-refractivity contribution in [3.8, 4) is 12.1 Å². The summed E-state index contributed by atoms with van der Waals surface area (Å²) >= 11 is 0. The zero-order chi connectivity index (χ0) is 20.4. The summed E-state index contributed by atoms with van der Waals surface area (Å²) in [5.74, 6) is -1.22. The van der Waals surface area contributed by atoms with Crippen molar-refractivity contribution in [1.82, 2.24) is 0 Å². The molecule has 2 rings (SSSR count). The van der Waals surface area contributed by atoms with Crippen LogP contribution in [0.15, 0.2) is 65.7 Å². The number of esters is 1. The lowest BCUT2D eigenvalue weighted by Gasteiger charge is -2.05. The van der Waals surface area contributed by atoms with Crippen molar-refractivity contribution in [2.75, 3.05) is 11.9 Å². The Morgan fingerprint density at radius 2 is 1.50 bits per heavy atom. The topological polar surface area (TPSA) is 103 Å². The fourth-order valence-corrected chi connectivity index (χ4v) is 2.24. The zero-order valence-electron chi connectivity index (χ0n) is 15.2. The molecule has 0 aromatic heterocycles. The van der Waals surface area contributed by atoms with Crippen molar-refractivity contribution in [2.24, 2.45) is 0 Å². The number of rotatable bonds is 6. The molecule has 0 bridgehead atoms. The van der Waals surface area contributed by atoms with Gasteiger partial charge in [0.1, 0.15) is 23.3 Å². The van der Waals surface area contributed by atoms with Gasteiger partial charge in [0.25, 0.3) is 5.91 Å². The molecule has 0 saturated heterocycles. The van der Waals surface area contributed by atoms with E-state index in [9.17, 15) is 14.9 Å². The number of nitrogens with one attached hydrogen (secondary N) is 1. The summed E-state index contributed by atoms with van der Waals surface area (Å²) < 4.78 is 4.81. The van der Waals surface area contributed by atoms with Crippen molar-refractivity contribution in [3.05, 3.63) is 76.9 Å². The molecule has 0 atom stereocenters. The Bertz CT molecular complexity index is 992. The Morgan fingerprint density at radius 1 is 0.929 bits per heavy atom. The molecule has 2 aromatic carbocycles. The molecule has 0 aliphatic heterocycles. The van der Waals surface area contributed by atoms with Crippen LogP contribution < -0.4 is 5.32 Å². The standard InChI is InChI=1S/C22H17N3O3/c1-2-28-22(27)19(15-24)13-17-8-10-20(11-9-17)25-21(26)18(14-23)12-16-6-4-3-5-7-16/h3-13H,2H2,1H3,(H,25,26)/b18-12-,19-13-. The lowest BCUT2D eigenvalue weighted by atomic mass is 10.1. The largest absolute Gasteiger partial charge is 0.462 e. The molecule has 0 heterocycles. The Balaban J connectivity index is 2.12. The second-order valence-electron chi connectivity index (χ2n) is 5.55. The molecule has 0 aliphatic carbocycles. The summed E-state index contributed by atoms with van der Waals surface area (Å²) in [6, 6.07) is 19.3. The van der Waals surface area contributed by atoms with E-state index in [0.717, 1.165) is 5.56 Å². The lowest BCUT2D eigenvalue weighted by Crippen LogP contribution is -2.13. The quantitative estimate of drug-likeness (QED) is 0.474. The number of ether oxygens (including phenoxy) is 1. The summed E-state index contributed by atoms with van der Waals surface area (Å²) in [6.45, 7) is 1.84. The summed E-state index contributed by atoms with van der Waals surface area (Å²) in [5, 5.41) is 20.9. The van der Waals surface area contributed by atoms with E-state index in [4.69, 9.17) is 10.00 Å². The molecule has 6 heteroatoms. The number of anilines is 1. The predicted octanol–water partition coefficient (Wildman–Crippen LogP) is 3.70.